The predicted molar refractivity (Wildman–Crippen MR) is 42.9 cm³/mol. The third kappa shape index (κ3) is 1.06. The van der Waals surface area contributed by atoms with Gasteiger partial charge < -0.3 is 5.73 Å². The van der Waals surface area contributed by atoms with E-state index in [-0.39, 0.29) is 18.3 Å². The fourth-order valence-electron chi connectivity index (χ4n) is 2.71. The Balaban J connectivity index is 2.01. The SMILES string of the molecule is CC1CC1C1(CN)CC(F)(F)C1. The fraction of sp³-hybridized carbons (Fsp3) is 1.00. The Morgan fingerprint density at radius 3 is 2.17 bits per heavy atom. The molecule has 2 N–H and O–H groups in total. The first-order chi connectivity index (χ1) is 5.49. The number of alkyl halides is 2. The zero-order valence-corrected chi connectivity index (χ0v) is 7.32. The number of halogens is 2. The molecule has 12 heavy (non-hydrogen) atoms. The molecular weight excluding hydrogens is 160 g/mol. The van der Waals surface area contributed by atoms with Crippen LogP contribution in [0.15, 0.2) is 0 Å². The summed E-state index contributed by atoms with van der Waals surface area (Å²) < 4.78 is 25.4. The Morgan fingerprint density at radius 2 is 1.92 bits per heavy atom. The summed E-state index contributed by atoms with van der Waals surface area (Å²) in [6.45, 7) is 2.57. The monoisotopic (exact) mass is 175 g/mol. The van der Waals surface area contributed by atoms with E-state index in [2.05, 4.69) is 6.92 Å². The Labute approximate surface area is 71.3 Å². The molecule has 2 rings (SSSR count). The van der Waals surface area contributed by atoms with Gasteiger partial charge in [0.25, 0.3) is 0 Å². The van der Waals surface area contributed by atoms with Crippen LogP contribution < -0.4 is 5.73 Å². The summed E-state index contributed by atoms with van der Waals surface area (Å²) in [5.74, 6) is -1.30. The Hall–Kier alpha value is -0.180. The molecule has 70 valence electrons. The summed E-state index contributed by atoms with van der Waals surface area (Å²) in [5, 5.41) is 0. The average molecular weight is 175 g/mol. The van der Waals surface area contributed by atoms with Crippen molar-refractivity contribution in [2.75, 3.05) is 6.54 Å². The molecule has 0 radical (unpaired) electrons. The molecule has 0 bridgehead atoms. The van der Waals surface area contributed by atoms with E-state index in [0.29, 0.717) is 18.4 Å². The second kappa shape index (κ2) is 2.19. The van der Waals surface area contributed by atoms with Crippen molar-refractivity contribution in [3.63, 3.8) is 0 Å². The molecule has 2 fully saturated rings. The molecule has 1 nitrogen and oxygen atoms in total. The van der Waals surface area contributed by atoms with Crippen LogP contribution in [-0.2, 0) is 0 Å². The highest BCUT2D eigenvalue weighted by molar-refractivity contribution is 5.09. The second-order valence-electron chi connectivity index (χ2n) is 4.60. The van der Waals surface area contributed by atoms with Crippen molar-refractivity contribution in [3.8, 4) is 0 Å². The highest BCUT2D eigenvalue weighted by Gasteiger charge is 2.63. The van der Waals surface area contributed by atoms with Crippen LogP contribution in [-0.4, -0.2) is 12.5 Å². The van der Waals surface area contributed by atoms with Crippen molar-refractivity contribution < 1.29 is 8.78 Å². The minimum atomic E-state index is -2.42. The van der Waals surface area contributed by atoms with Crippen LogP contribution in [0.1, 0.15) is 26.2 Å². The third-order valence-corrected chi connectivity index (χ3v) is 3.52. The molecular formula is C9H15F2N. The van der Waals surface area contributed by atoms with Gasteiger partial charge in [0.1, 0.15) is 0 Å². The molecule has 0 heterocycles. The zero-order valence-electron chi connectivity index (χ0n) is 7.32. The van der Waals surface area contributed by atoms with Gasteiger partial charge in [0.05, 0.1) is 0 Å². The van der Waals surface area contributed by atoms with E-state index < -0.39 is 5.92 Å². The molecule has 2 saturated carbocycles. The lowest BCUT2D eigenvalue weighted by molar-refractivity contribution is -0.167. The number of nitrogens with two attached hydrogens (primary N) is 1. The summed E-state index contributed by atoms with van der Waals surface area (Å²) >= 11 is 0. The van der Waals surface area contributed by atoms with E-state index in [1.807, 2.05) is 0 Å². The maximum absolute atomic E-state index is 12.7. The smallest absolute Gasteiger partial charge is 0.249 e. The molecule has 0 spiro atoms. The van der Waals surface area contributed by atoms with Crippen molar-refractivity contribution in [2.45, 2.75) is 32.1 Å². The molecule has 2 unspecified atom stereocenters. The molecule has 2 atom stereocenters. The van der Waals surface area contributed by atoms with Crippen molar-refractivity contribution in [2.24, 2.45) is 23.0 Å². The van der Waals surface area contributed by atoms with Gasteiger partial charge >= 0.3 is 0 Å². The molecule has 3 heteroatoms. The summed E-state index contributed by atoms with van der Waals surface area (Å²) in [7, 11) is 0. The van der Waals surface area contributed by atoms with E-state index >= 15 is 0 Å². The van der Waals surface area contributed by atoms with Gasteiger partial charge in [-0.1, -0.05) is 6.92 Å². The number of hydrogen-bond donors (Lipinski definition) is 1. The summed E-state index contributed by atoms with van der Waals surface area (Å²) in [6, 6.07) is 0. The maximum atomic E-state index is 12.7. The minimum absolute atomic E-state index is 0.0332. The summed E-state index contributed by atoms with van der Waals surface area (Å²) in [5.41, 5.74) is 5.37. The highest BCUT2D eigenvalue weighted by Crippen LogP contribution is 2.64. The average Bonchev–Trinajstić information content (AvgIpc) is 2.61. The first kappa shape index (κ1) is 8.42. The van der Waals surface area contributed by atoms with Crippen LogP contribution in [0.2, 0.25) is 0 Å². The second-order valence-corrected chi connectivity index (χ2v) is 4.60. The van der Waals surface area contributed by atoms with Crippen molar-refractivity contribution in [1.29, 1.82) is 0 Å². The maximum Gasteiger partial charge on any atom is 0.249 e. The van der Waals surface area contributed by atoms with Crippen molar-refractivity contribution in [3.05, 3.63) is 0 Å². The number of rotatable bonds is 2. The molecule has 0 amide bonds. The van der Waals surface area contributed by atoms with Gasteiger partial charge in [-0.2, -0.15) is 0 Å². The van der Waals surface area contributed by atoms with Crippen LogP contribution in [0, 0.1) is 17.3 Å². The van der Waals surface area contributed by atoms with Gasteiger partial charge in [0.15, 0.2) is 0 Å². The van der Waals surface area contributed by atoms with E-state index in [9.17, 15) is 8.78 Å². The molecule has 2 aliphatic rings. The standard InChI is InChI=1S/C9H15F2N/c1-6-2-7(6)8(5-12)3-9(10,11)4-8/h6-7H,2-5,12H2,1H3. The number of hydrogen-bond acceptors (Lipinski definition) is 1. The van der Waals surface area contributed by atoms with E-state index in [1.165, 1.54) is 0 Å². The summed E-state index contributed by atoms with van der Waals surface area (Å²) in [6.07, 6.45) is 1.17. The normalized spacial score (nSPS) is 42.0. The molecule has 0 aromatic carbocycles. The van der Waals surface area contributed by atoms with E-state index in [1.54, 1.807) is 0 Å². The Kier molecular flexibility index (Phi) is 1.54. The molecule has 0 aromatic rings. The van der Waals surface area contributed by atoms with Crippen LogP contribution in [0.3, 0.4) is 0 Å². The van der Waals surface area contributed by atoms with Gasteiger partial charge in [-0.05, 0) is 30.2 Å². The van der Waals surface area contributed by atoms with Gasteiger partial charge in [0.2, 0.25) is 5.92 Å². The topological polar surface area (TPSA) is 26.0 Å². The molecule has 2 aliphatic carbocycles. The van der Waals surface area contributed by atoms with E-state index in [4.69, 9.17) is 5.73 Å². The third-order valence-electron chi connectivity index (χ3n) is 3.52. The minimum Gasteiger partial charge on any atom is -0.330 e. The van der Waals surface area contributed by atoms with E-state index in [0.717, 1.165) is 6.42 Å². The lowest BCUT2D eigenvalue weighted by Gasteiger charge is -2.47. The summed E-state index contributed by atoms with van der Waals surface area (Å²) in [4.78, 5) is 0. The van der Waals surface area contributed by atoms with Gasteiger partial charge in [-0.25, -0.2) is 8.78 Å². The lowest BCUT2D eigenvalue weighted by Crippen LogP contribution is -2.52. The highest BCUT2D eigenvalue weighted by atomic mass is 19.3. The van der Waals surface area contributed by atoms with Crippen LogP contribution in [0.4, 0.5) is 8.78 Å². The quantitative estimate of drug-likeness (QED) is 0.682. The van der Waals surface area contributed by atoms with Crippen molar-refractivity contribution >= 4 is 0 Å². The fourth-order valence-corrected chi connectivity index (χ4v) is 2.71. The van der Waals surface area contributed by atoms with Crippen LogP contribution >= 0.6 is 0 Å². The van der Waals surface area contributed by atoms with Gasteiger partial charge in [0, 0.05) is 12.8 Å². The first-order valence-electron chi connectivity index (χ1n) is 4.57. The van der Waals surface area contributed by atoms with Crippen LogP contribution in [0.5, 0.6) is 0 Å². The van der Waals surface area contributed by atoms with Crippen LogP contribution in [0.25, 0.3) is 0 Å². The molecule has 0 saturated heterocycles. The van der Waals surface area contributed by atoms with Crippen molar-refractivity contribution in [1.82, 2.24) is 0 Å². The molecule has 0 aliphatic heterocycles. The predicted octanol–water partition coefficient (Wildman–Crippen LogP) is 2.02. The lowest BCUT2D eigenvalue weighted by atomic mass is 9.62. The van der Waals surface area contributed by atoms with Gasteiger partial charge in [-0.3, -0.25) is 0 Å². The molecule has 0 aromatic heterocycles. The zero-order chi connectivity index (χ0) is 8.98. The Morgan fingerprint density at radius 1 is 1.42 bits per heavy atom. The Bertz CT molecular complexity index is 195. The first-order valence-corrected chi connectivity index (χ1v) is 4.57. The largest absolute Gasteiger partial charge is 0.330 e. The van der Waals surface area contributed by atoms with Gasteiger partial charge in [-0.15, -0.1) is 0 Å².